The van der Waals surface area contributed by atoms with Gasteiger partial charge in [-0.25, -0.2) is 9.59 Å². The fourth-order valence-electron chi connectivity index (χ4n) is 2.37. The lowest BCUT2D eigenvalue weighted by Crippen LogP contribution is -2.26. The first-order valence-electron chi connectivity index (χ1n) is 10.0. The number of esters is 4. The molecule has 0 aromatic carbocycles. The van der Waals surface area contributed by atoms with E-state index < -0.39 is 36.1 Å². The van der Waals surface area contributed by atoms with Crippen LogP contribution in [-0.2, 0) is 38.1 Å². The van der Waals surface area contributed by atoms with E-state index in [0.29, 0.717) is 12.8 Å². The van der Waals surface area contributed by atoms with Gasteiger partial charge in [0.1, 0.15) is 0 Å². The first-order valence-corrected chi connectivity index (χ1v) is 10.0. The zero-order chi connectivity index (χ0) is 21.4. The van der Waals surface area contributed by atoms with Crippen LogP contribution in [0.15, 0.2) is 0 Å². The first-order chi connectivity index (χ1) is 13.3. The molecule has 0 saturated carbocycles. The Kier molecular flexibility index (Phi) is 14.7. The van der Waals surface area contributed by atoms with Gasteiger partial charge in [0, 0.05) is 12.8 Å². The SMILES string of the molecule is CCOC(=O)C(C)OC(=O)CCCCCCCCC(=O)OC(C)C(=O)OCC. The molecule has 2 atom stereocenters. The second-order valence-corrected chi connectivity index (χ2v) is 6.39. The summed E-state index contributed by atoms with van der Waals surface area (Å²) in [5.41, 5.74) is 0. The van der Waals surface area contributed by atoms with Crippen molar-refractivity contribution >= 4 is 23.9 Å². The van der Waals surface area contributed by atoms with Crippen molar-refractivity contribution in [2.75, 3.05) is 13.2 Å². The van der Waals surface area contributed by atoms with Crippen molar-refractivity contribution in [3.05, 3.63) is 0 Å². The van der Waals surface area contributed by atoms with Crippen LogP contribution in [-0.4, -0.2) is 49.3 Å². The maximum absolute atomic E-state index is 11.6. The zero-order valence-electron chi connectivity index (χ0n) is 17.5. The summed E-state index contributed by atoms with van der Waals surface area (Å²) < 4.78 is 19.6. The number of carbonyl (C=O) groups is 4. The topological polar surface area (TPSA) is 105 Å². The Hall–Kier alpha value is -2.12. The highest BCUT2D eigenvalue weighted by molar-refractivity contribution is 5.79. The summed E-state index contributed by atoms with van der Waals surface area (Å²) in [6.07, 6.45) is 3.77. The summed E-state index contributed by atoms with van der Waals surface area (Å²) >= 11 is 0. The number of rotatable bonds is 15. The minimum Gasteiger partial charge on any atom is -0.463 e. The van der Waals surface area contributed by atoms with Crippen molar-refractivity contribution in [3.8, 4) is 0 Å². The smallest absolute Gasteiger partial charge is 0.347 e. The lowest BCUT2D eigenvalue weighted by Gasteiger charge is -2.12. The first kappa shape index (κ1) is 25.9. The molecule has 2 unspecified atom stereocenters. The van der Waals surface area contributed by atoms with Gasteiger partial charge in [-0.3, -0.25) is 9.59 Å². The monoisotopic (exact) mass is 402 g/mol. The third-order valence-corrected chi connectivity index (χ3v) is 3.87. The van der Waals surface area contributed by atoms with Gasteiger partial charge in [-0.1, -0.05) is 25.7 Å². The van der Waals surface area contributed by atoms with Crippen LogP contribution in [0.25, 0.3) is 0 Å². The molecule has 28 heavy (non-hydrogen) atoms. The van der Waals surface area contributed by atoms with Crippen molar-refractivity contribution in [2.45, 2.75) is 91.3 Å². The molecule has 0 heterocycles. The molecular weight excluding hydrogens is 368 g/mol. The van der Waals surface area contributed by atoms with Crippen LogP contribution in [0.4, 0.5) is 0 Å². The molecule has 0 N–H and O–H groups in total. The summed E-state index contributed by atoms with van der Waals surface area (Å²) in [6, 6.07) is 0. The molecule has 0 aromatic heterocycles. The molecule has 0 spiro atoms. The molecule has 0 bridgehead atoms. The number of hydrogen-bond donors (Lipinski definition) is 0. The van der Waals surface area contributed by atoms with Crippen molar-refractivity contribution in [1.29, 1.82) is 0 Å². The van der Waals surface area contributed by atoms with Gasteiger partial charge < -0.3 is 18.9 Å². The summed E-state index contributed by atoms with van der Waals surface area (Å²) in [7, 11) is 0. The minimum absolute atomic E-state index is 0.253. The van der Waals surface area contributed by atoms with Gasteiger partial charge in [-0.2, -0.15) is 0 Å². The highest BCUT2D eigenvalue weighted by Crippen LogP contribution is 2.11. The predicted molar refractivity (Wildman–Crippen MR) is 101 cm³/mol. The van der Waals surface area contributed by atoms with Crippen LogP contribution in [0.3, 0.4) is 0 Å². The Morgan fingerprint density at radius 3 is 1.25 bits per heavy atom. The standard InChI is InChI=1S/C20H34O8/c1-5-25-19(23)15(3)27-17(21)13-11-9-7-8-10-12-14-18(22)28-16(4)20(24)26-6-2/h15-16H,5-14H2,1-4H3. The Morgan fingerprint density at radius 1 is 0.607 bits per heavy atom. The largest absolute Gasteiger partial charge is 0.463 e. The van der Waals surface area contributed by atoms with Gasteiger partial charge in [-0.15, -0.1) is 0 Å². The van der Waals surface area contributed by atoms with E-state index in [2.05, 4.69) is 0 Å². The van der Waals surface area contributed by atoms with Gasteiger partial charge in [0.05, 0.1) is 13.2 Å². The van der Waals surface area contributed by atoms with E-state index in [1.165, 1.54) is 13.8 Å². The number of hydrogen-bond acceptors (Lipinski definition) is 8. The van der Waals surface area contributed by atoms with E-state index in [1.54, 1.807) is 13.8 Å². The maximum Gasteiger partial charge on any atom is 0.347 e. The summed E-state index contributed by atoms with van der Waals surface area (Å²) in [4.78, 5) is 46.0. The van der Waals surface area contributed by atoms with Crippen LogP contribution in [0, 0.1) is 0 Å². The predicted octanol–water partition coefficient (Wildman–Crippen LogP) is 3.10. The Balaban J connectivity index is 3.64. The molecular formula is C20H34O8. The fourth-order valence-corrected chi connectivity index (χ4v) is 2.37. The van der Waals surface area contributed by atoms with Crippen LogP contribution in [0.1, 0.15) is 79.1 Å². The van der Waals surface area contributed by atoms with E-state index in [0.717, 1.165) is 25.7 Å². The van der Waals surface area contributed by atoms with Crippen LogP contribution in [0.5, 0.6) is 0 Å². The Labute approximate surface area is 167 Å². The average Bonchev–Trinajstić information content (AvgIpc) is 2.64. The number of ether oxygens (including phenoxy) is 4. The van der Waals surface area contributed by atoms with Gasteiger partial charge >= 0.3 is 23.9 Å². The highest BCUT2D eigenvalue weighted by atomic mass is 16.6. The highest BCUT2D eigenvalue weighted by Gasteiger charge is 2.19. The third-order valence-electron chi connectivity index (χ3n) is 3.87. The van der Waals surface area contributed by atoms with Crippen LogP contribution in [0.2, 0.25) is 0 Å². The Morgan fingerprint density at radius 2 is 0.929 bits per heavy atom. The molecule has 162 valence electrons. The maximum atomic E-state index is 11.6. The van der Waals surface area contributed by atoms with E-state index in [-0.39, 0.29) is 26.1 Å². The molecule has 0 rings (SSSR count). The molecule has 0 aliphatic heterocycles. The molecule has 0 amide bonds. The fraction of sp³-hybridized carbons (Fsp3) is 0.800. The molecule has 0 aliphatic carbocycles. The average molecular weight is 402 g/mol. The third kappa shape index (κ3) is 13.1. The van der Waals surface area contributed by atoms with Gasteiger partial charge in [0.25, 0.3) is 0 Å². The minimum atomic E-state index is -0.876. The second kappa shape index (κ2) is 15.9. The van der Waals surface area contributed by atoms with Crippen molar-refractivity contribution in [3.63, 3.8) is 0 Å². The Bertz CT molecular complexity index is 445. The van der Waals surface area contributed by atoms with E-state index in [1.807, 2.05) is 0 Å². The van der Waals surface area contributed by atoms with Crippen molar-refractivity contribution in [2.24, 2.45) is 0 Å². The van der Waals surface area contributed by atoms with Crippen molar-refractivity contribution in [1.82, 2.24) is 0 Å². The molecule has 0 aliphatic rings. The number of carbonyl (C=O) groups excluding carboxylic acids is 4. The summed E-state index contributed by atoms with van der Waals surface area (Å²) in [6.45, 7) is 6.88. The molecule has 8 heteroatoms. The lowest BCUT2D eigenvalue weighted by molar-refractivity contribution is -0.166. The summed E-state index contributed by atoms with van der Waals surface area (Å²) in [5, 5.41) is 0. The van der Waals surface area contributed by atoms with Crippen molar-refractivity contribution < 1.29 is 38.1 Å². The van der Waals surface area contributed by atoms with E-state index in [4.69, 9.17) is 18.9 Å². The van der Waals surface area contributed by atoms with Gasteiger partial charge in [0.15, 0.2) is 12.2 Å². The van der Waals surface area contributed by atoms with Crippen LogP contribution >= 0.6 is 0 Å². The van der Waals surface area contributed by atoms with Gasteiger partial charge in [-0.05, 0) is 40.5 Å². The molecule has 8 nitrogen and oxygen atoms in total. The quantitative estimate of drug-likeness (QED) is 0.234. The van der Waals surface area contributed by atoms with Crippen LogP contribution < -0.4 is 0 Å². The summed E-state index contributed by atoms with van der Waals surface area (Å²) in [5.74, 6) is -1.88. The second-order valence-electron chi connectivity index (χ2n) is 6.39. The van der Waals surface area contributed by atoms with E-state index >= 15 is 0 Å². The molecule has 0 fully saturated rings. The molecule has 0 radical (unpaired) electrons. The number of unbranched alkanes of at least 4 members (excludes halogenated alkanes) is 5. The van der Waals surface area contributed by atoms with E-state index in [9.17, 15) is 19.2 Å². The van der Waals surface area contributed by atoms with Gasteiger partial charge in [0.2, 0.25) is 0 Å². The normalized spacial score (nSPS) is 12.6. The lowest BCUT2D eigenvalue weighted by atomic mass is 10.1. The zero-order valence-corrected chi connectivity index (χ0v) is 17.5. The molecule has 0 saturated heterocycles. The molecule has 0 aromatic rings.